The summed E-state index contributed by atoms with van der Waals surface area (Å²) in [5.41, 5.74) is 1.89. The van der Waals surface area contributed by atoms with Crippen molar-refractivity contribution >= 4 is 36.4 Å². The molecule has 5 nitrogen and oxygen atoms in total. The van der Waals surface area contributed by atoms with Crippen molar-refractivity contribution in [3.05, 3.63) is 63.0 Å². The lowest BCUT2D eigenvalue weighted by molar-refractivity contribution is 0.108. The molecule has 0 atom stereocenters. The van der Waals surface area contributed by atoms with Crippen LogP contribution >= 0.6 is 36.4 Å². The summed E-state index contributed by atoms with van der Waals surface area (Å²) < 4.78 is 14.0. The first-order valence-corrected chi connectivity index (χ1v) is 17.2. The maximum absolute atomic E-state index is 12.9. The SMILES string of the molecule is CCCCCCCCCCCCCCCCCCOc1cn(Cc2ccc(Cl)cc2)c(COCCCN(C)C)cc1=O.Cl.Cl. The van der Waals surface area contributed by atoms with Gasteiger partial charge < -0.3 is 18.9 Å². The molecule has 0 aliphatic rings. The Labute approximate surface area is 286 Å². The van der Waals surface area contributed by atoms with Crippen molar-refractivity contribution in [2.24, 2.45) is 0 Å². The van der Waals surface area contributed by atoms with Crippen LogP contribution in [0, 0.1) is 0 Å². The smallest absolute Gasteiger partial charge is 0.223 e. The first-order valence-electron chi connectivity index (χ1n) is 16.8. The van der Waals surface area contributed by atoms with E-state index in [9.17, 15) is 4.79 Å². The summed E-state index contributed by atoms with van der Waals surface area (Å²) >= 11 is 6.08. The third-order valence-electron chi connectivity index (χ3n) is 7.85. The summed E-state index contributed by atoms with van der Waals surface area (Å²) in [6.07, 6.45) is 24.3. The summed E-state index contributed by atoms with van der Waals surface area (Å²) in [4.78, 5) is 15.0. The van der Waals surface area contributed by atoms with E-state index in [1.54, 1.807) is 6.07 Å². The number of ether oxygens (including phenoxy) is 2. The molecule has 0 saturated heterocycles. The van der Waals surface area contributed by atoms with Gasteiger partial charge in [0.05, 0.1) is 19.4 Å². The van der Waals surface area contributed by atoms with Crippen LogP contribution in [0.1, 0.15) is 127 Å². The Morgan fingerprint density at radius 2 is 1.25 bits per heavy atom. The molecule has 2 rings (SSSR count). The van der Waals surface area contributed by atoms with E-state index in [-0.39, 0.29) is 30.2 Å². The summed E-state index contributed by atoms with van der Waals surface area (Å²) in [7, 11) is 4.12. The minimum Gasteiger partial charge on any atom is -0.488 e. The molecular weight excluding hydrogens is 615 g/mol. The minimum absolute atomic E-state index is 0. The molecule has 0 saturated carbocycles. The van der Waals surface area contributed by atoms with Gasteiger partial charge >= 0.3 is 0 Å². The second kappa shape index (κ2) is 28.0. The van der Waals surface area contributed by atoms with Crippen LogP contribution < -0.4 is 10.2 Å². The highest BCUT2D eigenvalue weighted by Gasteiger charge is 2.10. The fourth-order valence-electron chi connectivity index (χ4n) is 5.25. The number of benzene rings is 1. The number of rotatable bonds is 26. The second-order valence-electron chi connectivity index (χ2n) is 12.1. The fraction of sp³-hybridized carbons (Fsp3) is 0.694. The van der Waals surface area contributed by atoms with Gasteiger partial charge in [0, 0.05) is 29.9 Å². The molecule has 0 spiro atoms. The highest BCUT2D eigenvalue weighted by molar-refractivity contribution is 6.30. The molecule has 1 aromatic heterocycles. The first-order chi connectivity index (χ1) is 20.5. The number of aromatic nitrogens is 1. The van der Waals surface area contributed by atoms with E-state index >= 15 is 0 Å². The average Bonchev–Trinajstić information content (AvgIpc) is 2.97. The van der Waals surface area contributed by atoms with Crippen LogP contribution in [0.25, 0.3) is 0 Å². The third kappa shape index (κ3) is 20.7. The molecule has 0 radical (unpaired) electrons. The molecule has 1 heterocycles. The van der Waals surface area contributed by atoms with Gasteiger partial charge in [-0.25, -0.2) is 0 Å². The van der Waals surface area contributed by atoms with Crippen LogP contribution in [0.4, 0.5) is 0 Å². The van der Waals surface area contributed by atoms with Crippen LogP contribution in [0.3, 0.4) is 0 Å². The fourth-order valence-corrected chi connectivity index (χ4v) is 5.38. The third-order valence-corrected chi connectivity index (χ3v) is 8.10. The normalized spacial score (nSPS) is 10.9. The zero-order valence-corrected chi connectivity index (χ0v) is 30.2. The minimum atomic E-state index is -0.0780. The molecule has 0 aliphatic carbocycles. The summed E-state index contributed by atoms with van der Waals surface area (Å²) in [6.45, 7) is 5.52. The van der Waals surface area contributed by atoms with Gasteiger partial charge in [-0.2, -0.15) is 0 Å². The van der Waals surface area contributed by atoms with Gasteiger partial charge in [-0.1, -0.05) is 127 Å². The lowest BCUT2D eigenvalue weighted by atomic mass is 10.0. The Kier molecular flexibility index (Phi) is 27.2. The van der Waals surface area contributed by atoms with Gasteiger partial charge in [0.25, 0.3) is 0 Å². The number of hydrogen-bond acceptors (Lipinski definition) is 4. The second-order valence-corrected chi connectivity index (χ2v) is 12.5. The molecule has 2 aromatic rings. The number of pyridine rings is 1. The van der Waals surface area contributed by atoms with E-state index in [1.807, 2.05) is 30.5 Å². The topological polar surface area (TPSA) is 43.7 Å². The Balaban J connectivity index is 0.00000924. The van der Waals surface area contributed by atoms with Crippen molar-refractivity contribution in [2.45, 2.75) is 129 Å². The molecule has 0 unspecified atom stereocenters. The zero-order valence-electron chi connectivity index (χ0n) is 27.8. The molecule has 0 fully saturated rings. The highest BCUT2D eigenvalue weighted by Crippen LogP contribution is 2.16. The zero-order chi connectivity index (χ0) is 30.3. The summed E-state index contributed by atoms with van der Waals surface area (Å²) in [5, 5.41) is 0.714. The number of hydrogen-bond donors (Lipinski definition) is 0. The Hall–Kier alpha value is -1.24. The van der Waals surface area contributed by atoms with Gasteiger partial charge in [0.1, 0.15) is 0 Å². The number of unbranched alkanes of at least 4 members (excludes halogenated alkanes) is 15. The number of halogens is 3. The van der Waals surface area contributed by atoms with Gasteiger partial charge in [-0.05, 0) is 51.2 Å². The van der Waals surface area contributed by atoms with Crippen molar-refractivity contribution < 1.29 is 9.47 Å². The lowest BCUT2D eigenvalue weighted by Gasteiger charge is -2.17. The number of nitrogens with zero attached hydrogens (tertiary/aromatic N) is 2. The maximum atomic E-state index is 12.9. The van der Waals surface area contributed by atoms with E-state index in [0.29, 0.717) is 37.1 Å². The van der Waals surface area contributed by atoms with Crippen LogP contribution in [0.5, 0.6) is 5.75 Å². The predicted octanol–water partition coefficient (Wildman–Crippen LogP) is 10.5. The van der Waals surface area contributed by atoms with Crippen LogP contribution in [-0.4, -0.2) is 43.3 Å². The van der Waals surface area contributed by atoms with E-state index in [1.165, 1.54) is 89.9 Å². The molecule has 8 heteroatoms. The standard InChI is InChI=1S/C36H59ClN2O3.2ClH/c1-4-5-6-7-8-9-10-11-12-13-14-15-16-17-18-19-27-42-36-30-39(29-32-21-23-33(37)24-22-32)34(28-35(36)40)31-41-26-20-25-38(2)3;;/h21-24,28,30H,4-20,25-27,29,31H2,1-3H3;2*1H. The van der Waals surface area contributed by atoms with E-state index < -0.39 is 0 Å². The molecule has 0 N–H and O–H groups in total. The van der Waals surface area contributed by atoms with Crippen molar-refractivity contribution in [1.82, 2.24) is 9.47 Å². The Bertz CT molecular complexity index is 999. The molecule has 0 aliphatic heterocycles. The van der Waals surface area contributed by atoms with Gasteiger partial charge in [0.15, 0.2) is 5.75 Å². The quantitative estimate of drug-likeness (QED) is 0.0931. The van der Waals surface area contributed by atoms with Gasteiger partial charge in [-0.15, -0.1) is 24.8 Å². The van der Waals surface area contributed by atoms with Crippen LogP contribution in [-0.2, 0) is 17.9 Å². The predicted molar refractivity (Wildman–Crippen MR) is 194 cm³/mol. The van der Waals surface area contributed by atoms with Gasteiger partial charge in [0.2, 0.25) is 5.43 Å². The molecule has 0 bridgehead atoms. The van der Waals surface area contributed by atoms with Crippen molar-refractivity contribution in [3.8, 4) is 5.75 Å². The van der Waals surface area contributed by atoms with Crippen LogP contribution in [0.2, 0.25) is 5.02 Å². The Morgan fingerprint density at radius 1 is 0.727 bits per heavy atom. The van der Waals surface area contributed by atoms with Crippen molar-refractivity contribution in [3.63, 3.8) is 0 Å². The van der Waals surface area contributed by atoms with E-state index in [0.717, 1.165) is 37.1 Å². The summed E-state index contributed by atoms with van der Waals surface area (Å²) in [6, 6.07) is 9.49. The van der Waals surface area contributed by atoms with Crippen molar-refractivity contribution in [2.75, 3.05) is 33.9 Å². The van der Waals surface area contributed by atoms with Crippen LogP contribution in [0.15, 0.2) is 41.3 Å². The van der Waals surface area contributed by atoms with Gasteiger partial charge in [-0.3, -0.25) is 4.79 Å². The van der Waals surface area contributed by atoms with Crippen molar-refractivity contribution in [1.29, 1.82) is 0 Å². The molecule has 0 amide bonds. The first kappa shape index (κ1) is 42.8. The van der Waals surface area contributed by atoms with E-state index in [2.05, 4.69) is 30.5 Å². The molecule has 1 aromatic carbocycles. The largest absolute Gasteiger partial charge is 0.488 e. The average molecular weight is 676 g/mol. The molecule has 254 valence electrons. The lowest BCUT2D eigenvalue weighted by Crippen LogP contribution is -2.18. The Morgan fingerprint density at radius 3 is 1.77 bits per heavy atom. The van der Waals surface area contributed by atoms with E-state index in [4.69, 9.17) is 21.1 Å². The highest BCUT2D eigenvalue weighted by atomic mass is 35.5. The maximum Gasteiger partial charge on any atom is 0.223 e. The molecule has 44 heavy (non-hydrogen) atoms. The molecular formula is C36H61Cl3N2O3. The monoisotopic (exact) mass is 674 g/mol. The summed E-state index contributed by atoms with van der Waals surface area (Å²) in [5.74, 6) is 0.418.